The van der Waals surface area contributed by atoms with Crippen LogP contribution in [0.5, 0.6) is 0 Å². The van der Waals surface area contributed by atoms with Crippen LogP contribution in [0.25, 0.3) is 0 Å². The minimum atomic E-state index is -2.57. The van der Waals surface area contributed by atoms with E-state index in [0.29, 0.717) is 0 Å². The number of nitrogens with two attached hydrogens (primary N) is 2. The number of esters is 1. The molecule has 0 saturated carbocycles. The molecule has 3 amide bonds. The molecule has 0 aromatic heterocycles. The highest BCUT2D eigenvalue weighted by Gasteiger charge is 2.50. The van der Waals surface area contributed by atoms with Crippen LogP contribution in [-0.2, 0) is 33.5 Å². The number of hydrogen-bond donors (Lipinski definition) is 2. The van der Waals surface area contributed by atoms with Crippen LogP contribution in [0.15, 0.2) is 0 Å². The second-order valence-corrected chi connectivity index (χ2v) is 6.08. The molecule has 1 rings (SSSR count). The molecule has 128 valence electrons. The van der Waals surface area contributed by atoms with Gasteiger partial charge in [-0.25, -0.2) is 9.59 Å². The van der Waals surface area contributed by atoms with Crippen LogP contribution in [0.4, 0.5) is 0 Å². The third-order valence-electron chi connectivity index (χ3n) is 2.76. The summed E-state index contributed by atoms with van der Waals surface area (Å²) in [5.41, 5.74) is 7.09. The van der Waals surface area contributed by atoms with Crippen LogP contribution in [0.1, 0.15) is 40.0 Å². The van der Waals surface area contributed by atoms with Crippen molar-refractivity contribution in [1.82, 2.24) is 5.06 Å². The van der Waals surface area contributed by atoms with E-state index in [2.05, 4.69) is 4.84 Å². The summed E-state index contributed by atoms with van der Waals surface area (Å²) in [5.74, 6) is -5.31. The van der Waals surface area contributed by atoms with E-state index in [-0.39, 0.29) is 17.9 Å². The maximum Gasteiger partial charge on any atom is 0.364 e. The summed E-state index contributed by atoms with van der Waals surface area (Å²) in [4.78, 5) is 63.0. The van der Waals surface area contributed by atoms with Gasteiger partial charge in [0.2, 0.25) is 11.4 Å². The number of carbonyl (C=O) groups excluding carboxylic acids is 5. The Hall–Kier alpha value is -2.49. The fourth-order valence-electron chi connectivity index (χ4n) is 1.69. The van der Waals surface area contributed by atoms with E-state index in [9.17, 15) is 24.0 Å². The zero-order valence-corrected chi connectivity index (χ0v) is 13.1. The van der Waals surface area contributed by atoms with Crippen LogP contribution < -0.4 is 11.5 Å². The highest BCUT2D eigenvalue weighted by atomic mass is 16.7. The van der Waals surface area contributed by atoms with Gasteiger partial charge in [0, 0.05) is 12.8 Å². The Kier molecular flexibility index (Phi) is 5.10. The summed E-state index contributed by atoms with van der Waals surface area (Å²) in [6.07, 6.45) is -1.17. The molecule has 0 aliphatic carbocycles. The lowest BCUT2D eigenvalue weighted by molar-refractivity contribution is -0.205. The van der Waals surface area contributed by atoms with Gasteiger partial charge in [0.05, 0.1) is 6.42 Å². The van der Waals surface area contributed by atoms with Gasteiger partial charge in [-0.1, -0.05) is 0 Å². The molecule has 1 aliphatic heterocycles. The zero-order valence-electron chi connectivity index (χ0n) is 13.1. The quantitative estimate of drug-likeness (QED) is 0.350. The van der Waals surface area contributed by atoms with Crippen LogP contribution in [-0.4, -0.2) is 45.9 Å². The Morgan fingerprint density at radius 2 is 1.57 bits per heavy atom. The number of hydroxylamine groups is 2. The van der Waals surface area contributed by atoms with Gasteiger partial charge in [-0.2, -0.15) is 0 Å². The Bertz CT molecular complexity index is 550. The molecule has 0 bridgehead atoms. The van der Waals surface area contributed by atoms with Crippen molar-refractivity contribution in [3.8, 4) is 0 Å². The average molecular weight is 329 g/mol. The average Bonchev–Trinajstić information content (AvgIpc) is 2.67. The first-order valence-corrected chi connectivity index (χ1v) is 6.75. The third-order valence-corrected chi connectivity index (χ3v) is 2.76. The molecule has 4 N–H and O–H groups in total. The van der Waals surface area contributed by atoms with Gasteiger partial charge in [0.25, 0.3) is 11.8 Å². The van der Waals surface area contributed by atoms with Gasteiger partial charge in [-0.3, -0.25) is 14.4 Å². The van der Waals surface area contributed by atoms with Crippen molar-refractivity contribution in [2.75, 3.05) is 0 Å². The molecule has 1 fully saturated rings. The molecule has 10 nitrogen and oxygen atoms in total. The van der Waals surface area contributed by atoms with Gasteiger partial charge in [0.1, 0.15) is 5.60 Å². The zero-order chi connectivity index (χ0) is 18.0. The van der Waals surface area contributed by atoms with Crippen molar-refractivity contribution in [2.24, 2.45) is 11.5 Å². The van der Waals surface area contributed by atoms with Gasteiger partial charge in [-0.15, -0.1) is 5.06 Å². The van der Waals surface area contributed by atoms with Gasteiger partial charge < -0.3 is 21.0 Å². The van der Waals surface area contributed by atoms with E-state index in [1.807, 2.05) is 0 Å². The molecule has 1 saturated heterocycles. The molecule has 0 aromatic rings. The van der Waals surface area contributed by atoms with Crippen molar-refractivity contribution >= 4 is 29.7 Å². The first-order valence-electron chi connectivity index (χ1n) is 6.75. The largest absolute Gasteiger partial charge is 0.458 e. The van der Waals surface area contributed by atoms with Gasteiger partial charge in [0.15, 0.2) is 0 Å². The van der Waals surface area contributed by atoms with E-state index < -0.39 is 47.2 Å². The summed E-state index contributed by atoms with van der Waals surface area (Å²) < 4.78 is 4.98. The second-order valence-electron chi connectivity index (χ2n) is 6.08. The molecular formula is C13H19N3O7. The van der Waals surface area contributed by atoms with Crippen LogP contribution in [0.3, 0.4) is 0 Å². The molecule has 1 atom stereocenters. The number of primary amides is 1. The number of nitrogens with zero attached hydrogens (tertiary/aromatic N) is 1. The van der Waals surface area contributed by atoms with Gasteiger partial charge in [-0.05, 0) is 20.8 Å². The van der Waals surface area contributed by atoms with Crippen LogP contribution >= 0.6 is 0 Å². The Balaban J connectivity index is 3.02. The third kappa shape index (κ3) is 4.49. The number of amides is 3. The van der Waals surface area contributed by atoms with Crippen molar-refractivity contribution in [2.45, 2.75) is 51.2 Å². The first kappa shape index (κ1) is 18.6. The van der Waals surface area contributed by atoms with Crippen molar-refractivity contribution < 1.29 is 33.5 Å². The van der Waals surface area contributed by atoms with E-state index in [1.54, 1.807) is 0 Å². The van der Waals surface area contributed by atoms with Crippen LogP contribution in [0.2, 0.25) is 0 Å². The maximum absolute atomic E-state index is 12.2. The second kappa shape index (κ2) is 6.32. The molecular weight excluding hydrogens is 310 g/mol. The smallest absolute Gasteiger partial charge is 0.364 e. The lowest BCUT2D eigenvalue weighted by Gasteiger charge is -2.29. The Morgan fingerprint density at radius 1 is 1.09 bits per heavy atom. The summed E-state index contributed by atoms with van der Waals surface area (Å²) in [6.45, 7) is 4.57. The maximum atomic E-state index is 12.2. The fourth-order valence-corrected chi connectivity index (χ4v) is 1.69. The number of ether oxygens (including phenoxy) is 1. The molecule has 1 heterocycles. The normalized spacial score (nSPS) is 17.7. The molecule has 0 spiro atoms. The molecule has 0 radical (unpaired) electrons. The van der Waals surface area contributed by atoms with Gasteiger partial charge >= 0.3 is 11.9 Å². The van der Waals surface area contributed by atoms with E-state index >= 15 is 0 Å². The first-order chi connectivity index (χ1) is 10.4. The van der Waals surface area contributed by atoms with Crippen molar-refractivity contribution in [3.05, 3.63) is 0 Å². The number of imide groups is 1. The Morgan fingerprint density at radius 3 is 1.96 bits per heavy atom. The van der Waals surface area contributed by atoms with Crippen molar-refractivity contribution in [3.63, 3.8) is 0 Å². The number of hydrogen-bond acceptors (Lipinski definition) is 8. The summed E-state index contributed by atoms with van der Waals surface area (Å²) >= 11 is 0. The van der Waals surface area contributed by atoms with E-state index in [1.165, 1.54) is 20.8 Å². The summed E-state index contributed by atoms with van der Waals surface area (Å²) in [6, 6.07) is 0. The monoisotopic (exact) mass is 329 g/mol. The SMILES string of the molecule is CC(C)(C)OC(=O)[C@](N)(CC(N)=O)C(=O)ON1C(=O)CCC1=O. The van der Waals surface area contributed by atoms with E-state index in [0.717, 1.165) is 0 Å². The lowest BCUT2D eigenvalue weighted by Crippen LogP contribution is -2.60. The summed E-state index contributed by atoms with van der Waals surface area (Å²) in [5, 5.41) is 0.218. The molecule has 1 aliphatic rings. The topological polar surface area (TPSA) is 159 Å². The van der Waals surface area contributed by atoms with Crippen LogP contribution in [0, 0.1) is 0 Å². The fraction of sp³-hybridized carbons (Fsp3) is 0.615. The minimum absolute atomic E-state index is 0.133. The highest BCUT2D eigenvalue weighted by Crippen LogP contribution is 2.20. The highest BCUT2D eigenvalue weighted by molar-refractivity contribution is 6.09. The lowest BCUT2D eigenvalue weighted by atomic mass is 9.96. The van der Waals surface area contributed by atoms with E-state index in [4.69, 9.17) is 16.2 Å². The number of rotatable bonds is 5. The Labute approximate surface area is 132 Å². The molecule has 0 unspecified atom stereocenters. The predicted molar refractivity (Wildman–Crippen MR) is 73.8 cm³/mol. The molecule has 0 aromatic carbocycles. The minimum Gasteiger partial charge on any atom is -0.458 e. The molecule has 23 heavy (non-hydrogen) atoms. The standard InChI is InChI=1S/C13H19N3O7/c1-12(2,3)22-10(20)13(15,6-7(14)17)11(21)23-16-8(18)4-5-9(16)19/h4-6,15H2,1-3H3,(H2,14,17)/t13-/m1/s1. The predicted octanol–water partition coefficient (Wildman–Crippen LogP) is -1.49. The summed E-state index contributed by atoms with van der Waals surface area (Å²) in [7, 11) is 0. The molecule has 10 heteroatoms. The van der Waals surface area contributed by atoms with Crippen molar-refractivity contribution in [1.29, 1.82) is 0 Å². The number of carbonyl (C=O) groups is 5.